The van der Waals surface area contributed by atoms with Gasteiger partial charge in [-0.05, 0) is 31.5 Å². The Morgan fingerprint density at radius 1 is 1.17 bits per heavy atom. The van der Waals surface area contributed by atoms with E-state index < -0.39 is 42.1 Å². The van der Waals surface area contributed by atoms with Crippen molar-refractivity contribution in [2.75, 3.05) is 20.1 Å². The van der Waals surface area contributed by atoms with Crippen LogP contribution >= 0.6 is 0 Å². The van der Waals surface area contributed by atoms with E-state index in [1.165, 1.54) is 0 Å². The summed E-state index contributed by atoms with van der Waals surface area (Å²) in [7, 11) is 1.88. The maximum atomic E-state index is 14.2. The lowest BCUT2D eigenvalue weighted by Crippen LogP contribution is -2.59. The largest absolute Gasteiger partial charge is 0.416 e. The van der Waals surface area contributed by atoms with Crippen LogP contribution in [0.3, 0.4) is 0 Å². The molecule has 2 saturated heterocycles. The Labute approximate surface area is 165 Å². The number of ether oxygens (including phenoxy) is 1. The van der Waals surface area contributed by atoms with E-state index in [2.05, 4.69) is 4.99 Å². The van der Waals surface area contributed by atoms with Crippen molar-refractivity contribution < 1.29 is 26.7 Å². The molecule has 3 aliphatic rings. The molecule has 160 valence electrons. The summed E-state index contributed by atoms with van der Waals surface area (Å²) >= 11 is 0. The highest BCUT2D eigenvalue weighted by Gasteiger charge is 2.55. The molecule has 1 aromatic carbocycles. The van der Waals surface area contributed by atoms with Crippen LogP contribution in [0.2, 0.25) is 0 Å². The van der Waals surface area contributed by atoms with E-state index in [1.807, 2.05) is 18.9 Å². The summed E-state index contributed by atoms with van der Waals surface area (Å²) in [5, 5.41) is 0. The molecule has 2 fully saturated rings. The van der Waals surface area contributed by atoms with Gasteiger partial charge >= 0.3 is 6.18 Å². The van der Waals surface area contributed by atoms with Gasteiger partial charge in [0.05, 0.1) is 17.9 Å². The predicted molar refractivity (Wildman–Crippen MR) is 96.4 cm³/mol. The van der Waals surface area contributed by atoms with Crippen molar-refractivity contribution in [3.05, 3.63) is 35.4 Å². The van der Waals surface area contributed by atoms with Gasteiger partial charge in [0.15, 0.2) is 6.10 Å². The lowest BCUT2D eigenvalue weighted by molar-refractivity contribution is -0.267. The Morgan fingerprint density at radius 3 is 2.55 bits per heavy atom. The summed E-state index contributed by atoms with van der Waals surface area (Å²) in [6.45, 7) is 2.66. The number of hydrogen-bond acceptors (Lipinski definition) is 5. The molecule has 0 radical (unpaired) electrons. The lowest BCUT2D eigenvalue weighted by atomic mass is 9.89. The minimum absolute atomic E-state index is 0.0125. The molecule has 3 aliphatic heterocycles. The van der Waals surface area contributed by atoms with Crippen molar-refractivity contribution in [2.45, 2.75) is 55.9 Å². The Morgan fingerprint density at radius 2 is 1.90 bits per heavy atom. The van der Waals surface area contributed by atoms with E-state index in [0.717, 1.165) is 24.0 Å². The summed E-state index contributed by atoms with van der Waals surface area (Å²) in [6, 6.07) is 0.625. The van der Waals surface area contributed by atoms with Gasteiger partial charge in [0.25, 0.3) is 0 Å². The number of rotatable bonds is 2. The highest BCUT2D eigenvalue weighted by molar-refractivity contribution is 5.82. The molecular weight excluding hydrogens is 395 g/mol. The summed E-state index contributed by atoms with van der Waals surface area (Å²) < 4.78 is 74.7. The molecule has 0 saturated carbocycles. The van der Waals surface area contributed by atoms with Gasteiger partial charge in [0.1, 0.15) is 17.7 Å². The first-order chi connectivity index (χ1) is 13.6. The van der Waals surface area contributed by atoms with Gasteiger partial charge in [-0.1, -0.05) is 0 Å². The fourth-order valence-electron chi connectivity index (χ4n) is 4.70. The van der Waals surface area contributed by atoms with Crippen LogP contribution in [-0.4, -0.2) is 72.2 Å². The number of likely N-dealkylation sites (tertiary alicyclic amines) is 1. The molecule has 4 rings (SSSR count). The van der Waals surface area contributed by atoms with Crippen molar-refractivity contribution in [1.82, 2.24) is 9.80 Å². The van der Waals surface area contributed by atoms with Gasteiger partial charge in [-0.25, -0.2) is 8.78 Å². The first-order valence-electron chi connectivity index (χ1n) is 9.50. The van der Waals surface area contributed by atoms with Gasteiger partial charge in [0.2, 0.25) is 0 Å². The standard InChI is InChI=1S/C19H23F5N4O/c1-9-26-14-7-28(8-16(14)27(9)2)15-6-13(25)17(29-18(15)19(22,23)24)11-5-10(20)3-4-12(11)21/h3-5,13-18H,6-8,25H2,1-2H3/t13?,14?,15?,16?,17-,18?/m1/s1. The van der Waals surface area contributed by atoms with Crippen LogP contribution in [-0.2, 0) is 4.74 Å². The first kappa shape index (κ1) is 20.5. The summed E-state index contributed by atoms with van der Waals surface area (Å²) in [4.78, 5) is 8.22. The minimum atomic E-state index is -4.67. The molecule has 5 unspecified atom stereocenters. The molecule has 29 heavy (non-hydrogen) atoms. The summed E-state index contributed by atoms with van der Waals surface area (Å²) in [5.41, 5.74) is 5.82. The van der Waals surface area contributed by atoms with Crippen LogP contribution in [0.15, 0.2) is 23.2 Å². The molecule has 0 bridgehead atoms. The second-order valence-corrected chi connectivity index (χ2v) is 8.03. The molecule has 0 aliphatic carbocycles. The molecule has 0 spiro atoms. The van der Waals surface area contributed by atoms with E-state index in [0.29, 0.717) is 13.1 Å². The number of hydrogen-bond donors (Lipinski definition) is 1. The number of likely N-dealkylation sites (N-methyl/N-ethyl adjacent to an activating group) is 1. The van der Waals surface area contributed by atoms with Crippen molar-refractivity contribution in [1.29, 1.82) is 0 Å². The number of amidine groups is 1. The van der Waals surface area contributed by atoms with Crippen molar-refractivity contribution in [3.8, 4) is 0 Å². The van der Waals surface area contributed by atoms with Crippen molar-refractivity contribution in [3.63, 3.8) is 0 Å². The van der Waals surface area contributed by atoms with Crippen LogP contribution in [0.5, 0.6) is 0 Å². The van der Waals surface area contributed by atoms with E-state index in [4.69, 9.17) is 10.5 Å². The quantitative estimate of drug-likeness (QED) is 0.750. The highest BCUT2D eigenvalue weighted by Crippen LogP contribution is 2.42. The zero-order valence-electron chi connectivity index (χ0n) is 16.0. The Kier molecular flexibility index (Phi) is 5.07. The topological polar surface area (TPSA) is 54.1 Å². The molecule has 2 N–H and O–H groups in total. The number of alkyl halides is 3. The van der Waals surface area contributed by atoms with E-state index in [9.17, 15) is 22.0 Å². The number of halogens is 5. The van der Waals surface area contributed by atoms with Crippen LogP contribution in [0.1, 0.15) is 25.0 Å². The van der Waals surface area contributed by atoms with Crippen LogP contribution in [0.4, 0.5) is 22.0 Å². The SMILES string of the molecule is CC1=NC2CN(C3CC(N)[C@@H](c4cc(F)ccc4F)OC3C(F)(F)F)CC2N1C. The summed E-state index contributed by atoms with van der Waals surface area (Å²) in [6.07, 6.45) is -8.24. The normalized spacial score (nSPS) is 35.7. The number of nitrogens with zero attached hydrogens (tertiary/aromatic N) is 3. The molecule has 6 atom stereocenters. The lowest BCUT2D eigenvalue weighted by Gasteiger charge is -2.44. The third-order valence-corrected chi connectivity index (χ3v) is 6.25. The Hall–Kier alpha value is -1.78. The number of fused-ring (bicyclic) bond motifs is 1. The molecule has 0 aromatic heterocycles. The van der Waals surface area contributed by atoms with Crippen LogP contribution in [0, 0.1) is 11.6 Å². The second-order valence-electron chi connectivity index (χ2n) is 8.03. The Bertz CT molecular complexity index is 816. The van der Waals surface area contributed by atoms with Crippen molar-refractivity contribution in [2.24, 2.45) is 10.7 Å². The van der Waals surface area contributed by atoms with Gasteiger partial charge in [0, 0.05) is 37.8 Å². The Balaban J connectivity index is 1.60. The minimum Gasteiger partial charge on any atom is -0.357 e. The molecule has 10 heteroatoms. The molecule has 1 aromatic rings. The average molecular weight is 418 g/mol. The first-order valence-corrected chi connectivity index (χ1v) is 9.50. The van der Waals surface area contributed by atoms with Crippen LogP contribution in [0.25, 0.3) is 0 Å². The molecule has 5 nitrogen and oxygen atoms in total. The monoisotopic (exact) mass is 418 g/mol. The third kappa shape index (κ3) is 3.62. The second kappa shape index (κ2) is 7.17. The fraction of sp³-hybridized carbons (Fsp3) is 0.632. The van der Waals surface area contributed by atoms with Gasteiger partial charge in [-0.3, -0.25) is 9.89 Å². The van der Waals surface area contributed by atoms with E-state index >= 15 is 0 Å². The molecule has 3 heterocycles. The number of nitrogens with two attached hydrogens (primary N) is 1. The van der Waals surface area contributed by atoms with E-state index in [-0.39, 0.29) is 24.1 Å². The molecular formula is C19H23F5N4O. The van der Waals surface area contributed by atoms with Crippen molar-refractivity contribution >= 4 is 5.84 Å². The molecule has 0 amide bonds. The maximum Gasteiger partial charge on any atom is 0.416 e. The predicted octanol–water partition coefficient (Wildman–Crippen LogP) is 2.47. The maximum absolute atomic E-state index is 14.2. The average Bonchev–Trinajstić information content (AvgIpc) is 3.16. The van der Waals surface area contributed by atoms with E-state index in [1.54, 1.807) is 4.90 Å². The van der Waals surface area contributed by atoms with Gasteiger partial charge in [-0.2, -0.15) is 13.2 Å². The van der Waals surface area contributed by atoms with Crippen LogP contribution < -0.4 is 5.73 Å². The number of benzene rings is 1. The highest BCUT2D eigenvalue weighted by atomic mass is 19.4. The zero-order valence-corrected chi connectivity index (χ0v) is 16.0. The zero-order chi connectivity index (χ0) is 21.1. The smallest absolute Gasteiger partial charge is 0.357 e. The fourth-order valence-corrected chi connectivity index (χ4v) is 4.70. The van der Waals surface area contributed by atoms with Gasteiger partial charge in [-0.15, -0.1) is 0 Å². The number of aliphatic imine (C=N–C) groups is 1. The summed E-state index contributed by atoms with van der Waals surface area (Å²) in [5.74, 6) is -0.731. The van der Waals surface area contributed by atoms with Gasteiger partial charge < -0.3 is 15.4 Å². The third-order valence-electron chi connectivity index (χ3n) is 6.25.